The number of aryl methyl sites for hydroxylation is 3. The molecule has 174 valence electrons. The van der Waals surface area contributed by atoms with Crippen LogP contribution in [0.2, 0.25) is 0 Å². The summed E-state index contributed by atoms with van der Waals surface area (Å²) >= 11 is 0. The van der Waals surface area contributed by atoms with Crippen LogP contribution < -0.4 is 10.5 Å². The van der Waals surface area contributed by atoms with Crippen LogP contribution in [0.15, 0.2) is 53.3 Å². The van der Waals surface area contributed by atoms with Gasteiger partial charge in [-0.2, -0.15) is 0 Å². The minimum Gasteiger partial charge on any atom is -0.371 e. The minimum absolute atomic E-state index is 0.0639. The van der Waals surface area contributed by atoms with Crippen LogP contribution in [-0.4, -0.2) is 28.7 Å². The summed E-state index contributed by atoms with van der Waals surface area (Å²) in [5.74, 6) is 0.447. The van der Waals surface area contributed by atoms with Crippen LogP contribution in [0.25, 0.3) is 5.69 Å². The van der Waals surface area contributed by atoms with E-state index in [1.54, 1.807) is 22.8 Å². The Labute approximate surface area is 194 Å². The molecule has 33 heavy (non-hydrogen) atoms. The molecular weight excluding hydrogens is 417 g/mol. The molecule has 0 saturated carbocycles. The van der Waals surface area contributed by atoms with Crippen molar-refractivity contribution in [2.75, 3.05) is 18.0 Å². The monoisotopic (exact) mass is 449 g/mol. The SMILES string of the molecule is Cc1cc(=O)n(-c2ccc(N3CCC(OC(C)(C)c4cccc(F)c4)CC3)c(C)c2)c(C)n1. The Balaban J connectivity index is 1.45. The van der Waals surface area contributed by atoms with Crippen molar-refractivity contribution >= 4 is 5.69 Å². The standard InChI is InChI=1S/C27H32FN3O2/c1-18-15-23(31-20(3)29-19(2)16-26(31)32)9-10-25(18)30-13-11-24(12-14-30)33-27(4,5)21-7-6-8-22(28)17-21/h6-10,15-17,24H,11-14H2,1-5H3. The lowest BCUT2D eigenvalue weighted by atomic mass is 9.96. The fourth-order valence-electron chi connectivity index (χ4n) is 4.75. The third kappa shape index (κ3) is 5.01. The zero-order valence-corrected chi connectivity index (χ0v) is 20.1. The molecule has 1 fully saturated rings. The average Bonchev–Trinajstić information content (AvgIpc) is 2.74. The summed E-state index contributed by atoms with van der Waals surface area (Å²) in [5, 5.41) is 0. The lowest BCUT2D eigenvalue weighted by Gasteiger charge is -2.38. The van der Waals surface area contributed by atoms with Gasteiger partial charge in [-0.05, 0) is 88.9 Å². The second-order valence-electron chi connectivity index (χ2n) is 9.41. The first-order valence-corrected chi connectivity index (χ1v) is 11.5. The van der Waals surface area contributed by atoms with Crippen LogP contribution in [0, 0.1) is 26.6 Å². The molecule has 5 nitrogen and oxygen atoms in total. The summed E-state index contributed by atoms with van der Waals surface area (Å²) in [6.07, 6.45) is 1.93. The van der Waals surface area contributed by atoms with Crippen molar-refractivity contribution < 1.29 is 9.13 Å². The van der Waals surface area contributed by atoms with E-state index in [9.17, 15) is 9.18 Å². The summed E-state index contributed by atoms with van der Waals surface area (Å²) in [7, 11) is 0. The fraction of sp³-hybridized carbons (Fsp3) is 0.407. The Hall–Kier alpha value is -2.99. The first-order chi connectivity index (χ1) is 15.6. The number of rotatable bonds is 5. The molecule has 2 aromatic carbocycles. The molecule has 1 aliphatic rings. The molecule has 0 aliphatic carbocycles. The number of benzene rings is 2. The van der Waals surface area contributed by atoms with Crippen molar-refractivity contribution in [1.29, 1.82) is 0 Å². The molecule has 6 heteroatoms. The topological polar surface area (TPSA) is 47.4 Å². The Bertz CT molecular complexity index is 1210. The molecular formula is C27H32FN3O2. The maximum Gasteiger partial charge on any atom is 0.258 e. The van der Waals surface area contributed by atoms with Crippen LogP contribution in [0.1, 0.15) is 49.3 Å². The highest BCUT2D eigenvalue weighted by molar-refractivity contribution is 5.57. The third-order valence-corrected chi connectivity index (χ3v) is 6.42. The Kier molecular flexibility index (Phi) is 6.39. The number of halogens is 1. The fourth-order valence-corrected chi connectivity index (χ4v) is 4.75. The molecule has 0 spiro atoms. The maximum absolute atomic E-state index is 13.7. The number of nitrogens with zero attached hydrogens (tertiary/aromatic N) is 3. The van der Waals surface area contributed by atoms with Gasteiger partial charge < -0.3 is 9.64 Å². The van der Waals surface area contributed by atoms with Gasteiger partial charge in [0.05, 0.1) is 17.4 Å². The van der Waals surface area contributed by atoms with E-state index in [2.05, 4.69) is 28.9 Å². The quantitative estimate of drug-likeness (QED) is 0.536. The van der Waals surface area contributed by atoms with Crippen LogP contribution >= 0.6 is 0 Å². The average molecular weight is 450 g/mol. The van der Waals surface area contributed by atoms with Gasteiger partial charge in [0.25, 0.3) is 5.56 Å². The Morgan fingerprint density at radius 2 is 1.76 bits per heavy atom. The second-order valence-corrected chi connectivity index (χ2v) is 9.41. The molecule has 2 heterocycles. The second kappa shape index (κ2) is 9.10. The van der Waals surface area contributed by atoms with Gasteiger partial charge in [-0.15, -0.1) is 0 Å². The van der Waals surface area contributed by atoms with Gasteiger partial charge in [0.1, 0.15) is 11.6 Å². The number of hydrogen-bond donors (Lipinski definition) is 0. The van der Waals surface area contributed by atoms with Crippen molar-refractivity contribution in [2.45, 2.75) is 59.2 Å². The lowest BCUT2D eigenvalue weighted by Crippen LogP contribution is -2.40. The third-order valence-electron chi connectivity index (χ3n) is 6.42. The van der Waals surface area contributed by atoms with E-state index in [4.69, 9.17) is 4.74 Å². The van der Waals surface area contributed by atoms with Gasteiger partial charge in [0, 0.05) is 30.5 Å². The predicted octanol–water partition coefficient (Wildman–Crippen LogP) is 5.22. The van der Waals surface area contributed by atoms with Crippen LogP contribution in [-0.2, 0) is 10.3 Å². The molecule has 0 bridgehead atoms. The smallest absolute Gasteiger partial charge is 0.258 e. The van der Waals surface area contributed by atoms with Crippen LogP contribution in [0.5, 0.6) is 0 Å². The highest BCUT2D eigenvalue weighted by Crippen LogP contribution is 2.32. The minimum atomic E-state index is -0.542. The molecule has 0 radical (unpaired) electrons. The Morgan fingerprint density at radius 3 is 2.39 bits per heavy atom. The van der Waals surface area contributed by atoms with Gasteiger partial charge in [-0.25, -0.2) is 9.37 Å². The summed E-state index contributed by atoms with van der Waals surface area (Å²) in [4.78, 5) is 19.3. The highest BCUT2D eigenvalue weighted by atomic mass is 19.1. The van der Waals surface area contributed by atoms with Gasteiger partial charge in [0.15, 0.2) is 0 Å². The van der Waals surface area contributed by atoms with E-state index < -0.39 is 5.60 Å². The first kappa shape index (κ1) is 23.2. The number of anilines is 1. The van der Waals surface area contributed by atoms with Crippen LogP contribution in [0.3, 0.4) is 0 Å². The molecule has 1 aliphatic heterocycles. The van der Waals surface area contributed by atoms with E-state index in [-0.39, 0.29) is 17.5 Å². The molecule has 0 N–H and O–H groups in total. The van der Waals surface area contributed by atoms with E-state index >= 15 is 0 Å². The molecule has 4 rings (SSSR count). The molecule has 1 saturated heterocycles. The number of hydrogen-bond acceptors (Lipinski definition) is 4. The van der Waals surface area contributed by atoms with Crippen molar-refractivity contribution in [1.82, 2.24) is 9.55 Å². The molecule has 0 atom stereocenters. The van der Waals surface area contributed by atoms with E-state index in [0.29, 0.717) is 5.82 Å². The van der Waals surface area contributed by atoms with E-state index in [1.807, 2.05) is 39.8 Å². The normalized spacial score (nSPS) is 15.2. The summed E-state index contributed by atoms with van der Waals surface area (Å²) in [5.41, 5.74) is 4.11. The first-order valence-electron chi connectivity index (χ1n) is 11.5. The van der Waals surface area contributed by atoms with Crippen molar-refractivity contribution in [3.63, 3.8) is 0 Å². The van der Waals surface area contributed by atoms with Crippen LogP contribution in [0.4, 0.5) is 10.1 Å². The van der Waals surface area contributed by atoms with Gasteiger partial charge >= 0.3 is 0 Å². The van der Waals surface area contributed by atoms with Crippen molar-refractivity contribution in [2.24, 2.45) is 0 Å². The zero-order chi connectivity index (χ0) is 23.8. The van der Waals surface area contributed by atoms with Gasteiger partial charge in [-0.1, -0.05) is 12.1 Å². The van der Waals surface area contributed by atoms with Gasteiger partial charge in [-0.3, -0.25) is 9.36 Å². The highest BCUT2D eigenvalue weighted by Gasteiger charge is 2.29. The summed E-state index contributed by atoms with van der Waals surface area (Å²) < 4.78 is 21.7. The van der Waals surface area contributed by atoms with Gasteiger partial charge in [0.2, 0.25) is 0 Å². The lowest BCUT2D eigenvalue weighted by molar-refractivity contribution is -0.0844. The zero-order valence-electron chi connectivity index (χ0n) is 20.1. The molecule has 3 aromatic rings. The largest absolute Gasteiger partial charge is 0.371 e. The number of piperidine rings is 1. The molecule has 0 unspecified atom stereocenters. The summed E-state index contributed by atoms with van der Waals surface area (Å²) in [6.45, 7) is 11.5. The molecule has 1 aromatic heterocycles. The van der Waals surface area contributed by atoms with E-state index in [1.165, 1.54) is 11.8 Å². The Morgan fingerprint density at radius 1 is 1.03 bits per heavy atom. The van der Waals surface area contributed by atoms with E-state index in [0.717, 1.165) is 48.4 Å². The predicted molar refractivity (Wildman–Crippen MR) is 130 cm³/mol. The maximum atomic E-state index is 13.7. The molecule has 0 amide bonds. The summed E-state index contributed by atoms with van der Waals surface area (Å²) in [6, 6.07) is 14.3. The number of ether oxygens (including phenoxy) is 1. The number of aromatic nitrogens is 2. The van der Waals surface area contributed by atoms with Crippen molar-refractivity contribution in [3.05, 3.63) is 87.3 Å². The van der Waals surface area contributed by atoms with Crippen molar-refractivity contribution in [3.8, 4) is 5.69 Å².